The number of nitrogen functional groups attached to an aromatic ring is 1. The Morgan fingerprint density at radius 2 is 1.95 bits per heavy atom. The molecule has 1 rings (SSSR count). The molecule has 0 radical (unpaired) electrons. The van der Waals surface area contributed by atoms with Gasteiger partial charge in [-0.05, 0) is 36.1 Å². The van der Waals surface area contributed by atoms with Crippen molar-refractivity contribution in [2.75, 3.05) is 5.73 Å². The molecule has 0 aliphatic carbocycles. The minimum Gasteiger partial charge on any atom is -0.398 e. The first-order chi connectivity index (χ1) is 9.29. The molecule has 114 valence electrons. The molecule has 0 heterocycles. The van der Waals surface area contributed by atoms with Gasteiger partial charge in [0.05, 0.1) is 5.56 Å². The topological polar surface area (TPSA) is 64.1 Å². The SMILES string of the molecule is CCCC(C)CC(NN)c1cc(C(F)(F)F)ccc1N. The third-order valence-electron chi connectivity index (χ3n) is 3.41. The lowest BCUT2D eigenvalue weighted by atomic mass is 9.91. The van der Waals surface area contributed by atoms with Crippen LogP contribution in [0.25, 0.3) is 0 Å². The van der Waals surface area contributed by atoms with Crippen LogP contribution in [-0.4, -0.2) is 0 Å². The molecule has 1 aromatic carbocycles. The lowest BCUT2D eigenvalue weighted by Crippen LogP contribution is -2.30. The van der Waals surface area contributed by atoms with E-state index in [1.54, 1.807) is 0 Å². The molecule has 0 amide bonds. The maximum Gasteiger partial charge on any atom is 0.416 e. The van der Waals surface area contributed by atoms with Gasteiger partial charge in [0.15, 0.2) is 0 Å². The second kappa shape index (κ2) is 6.95. The standard InChI is InChI=1S/C14H22F3N3/c1-3-4-9(2)7-13(20-19)11-8-10(14(15,16)17)5-6-12(11)18/h5-6,8-9,13,20H,3-4,7,18-19H2,1-2H3. The van der Waals surface area contributed by atoms with E-state index in [0.29, 0.717) is 23.6 Å². The Balaban J connectivity index is 3.02. The quantitative estimate of drug-likeness (QED) is 0.426. The van der Waals surface area contributed by atoms with Crippen molar-refractivity contribution >= 4 is 5.69 Å². The van der Waals surface area contributed by atoms with Gasteiger partial charge in [0.25, 0.3) is 0 Å². The summed E-state index contributed by atoms with van der Waals surface area (Å²) in [6.07, 6.45) is -1.71. The summed E-state index contributed by atoms with van der Waals surface area (Å²) in [5.41, 5.74) is 8.40. The lowest BCUT2D eigenvalue weighted by molar-refractivity contribution is -0.137. The van der Waals surface area contributed by atoms with E-state index in [4.69, 9.17) is 11.6 Å². The van der Waals surface area contributed by atoms with Crippen LogP contribution in [0.3, 0.4) is 0 Å². The van der Waals surface area contributed by atoms with Crippen LogP contribution in [0.1, 0.15) is 50.3 Å². The predicted octanol–water partition coefficient (Wildman–Crippen LogP) is 3.62. The smallest absolute Gasteiger partial charge is 0.398 e. The van der Waals surface area contributed by atoms with E-state index in [0.717, 1.165) is 25.0 Å². The van der Waals surface area contributed by atoms with Crippen LogP contribution in [0.4, 0.5) is 18.9 Å². The van der Waals surface area contributed by atoms with Crippen LogP contribution in [0, 0.1) is 5.92 Å². The zero-order valence-corrected chi connectivity index (χ0v) is 11.8. The maximum atomic E-state index is 12.8. The molecular formula is C14H22F3N3. The first-order valence-corrected chi connectivity index (χ1v) is 6.72. The van der Waals surface area contributed by atoms with E-state index in [9.17, 15) is 13.2 Å². The van der Waals surface area contributed by atoms with Crippen LogP contribution in [0.2, 0.25) is 0 Å². The van der Waals surface area contributed by atoms with E-state index >= 15 is 0 Å². The van der Waals surface area contributed by atoms with Gasteiger partial charge in [0.2, 0.25) is 0 Å². The number of nitrogens with one attached hydrogen (secondary N) is 1. The molecule has 2 atom stereocenters. The molecule has 5 N–H and O–H groups in total. The van der Waals surface area contributed by atoms with Crippen LogP contribution < -0.4 is 17.0 Å². The van der Waals surface area contributed by atoms with Gasteiger partial charge in [-0.15, -0.1) is 0 Å². The Hall–Kier alpha value is -1.27. The fourth-order valence-corrected chi connectivity index (χ4v) is 2.35. The third kappa shape index (κ3) is 4.38. The zero-order chi connectivity index (χ0) is 15.3. The molecule has 0 aliphatic rings. The number of rotatable bonds is 6. The van der Waals surface area contributed by atoms with E-state index in [-0.39, 0.29) is 6.04 Å². The Bertz CT molecular complexity index is 432. The molecular weight excluding hydrogens is 267 g/mol. The van der Waals surface area contributed by atoms with Crippen LogP contribution in [0.15, 0.2) is 18.2 Å². The highest BCUT2D eigenvalue weighted by molar-refractivity contribution is 5.50. The van der Waals surface area contributed by atoms with Gasteiger partial charge in [0, 0.05) is 11.7 Å². The highest BCUT2D eigenvalue weighted by atomic mass is 19.4. The minimum atomic E-state index is -4.38. The van der Waals surface area contributed by atoms with E-state index in [1.165, 1.54) is 6.07 Å². The second-order valence-corrected chi connectivity index (χ2v) is 5.19. The Labute approximate surface area is 117 Å². The van der Waals surface area contributed by atoms with Crippen molar-refractivity contribution in [3.05, 3.63) is 29.3 Å². The van der Waals surface area contributed by atoms with Gasteiger partial charge >= 0.3 is 6.18 Å². The van der Waals surface area contributed by atoms with Crippen LogP contribution in [-0.2, 0) is 6.18 Å². The van der Waals surface area contributed by atoms with E-state index in [1.807, 2.05) is 0 Å². The zero-order valence-electron chi connectivity index (χ0n) is 11.8. The first kappa shape index (κ1) is 16.8. The number of halogens is 3. The van der Waals surface area contributed by atoms with Gasteiger partial charge in [0.1, 0.15) is 0 Å². The van der Waals surface area contributed by atoms with Crippen molar-refractivity contribution in [1.82, 2.24) is 5.43 Å². The highest BCUT2D eigenvalue weighted by Gasteiger charge is 2.31. The molecule has 0 aromatic heterocycles. The number of benzene rings is 1. The Morgan fingerprint density at radius 3 is 2.45 bits per heavy atom. The van der Waals surface area contributed by atoms with Crippen LogP contribution in [0.5, 0.6) is 0 Å². The summed E-state index contributed by atoms with van der Waals surface area (Å²) in [5, 5.41) is 0. The fraction of sp³-hybridized carbons (Fsp3) is 0.571. The van der Waals surface area contributed by atoms with Crippen LogP contribution >= 0.6 is 0 Å². The minimum absolute atomic E-state index is 0.324. The number of hydrogen-bond acceptors (Lipinski definition) is 3. The third-order valence-corrected chi connectivity index (χ3v) is 3.41. The van der Waals surface area contributed by atoms with Gasteiger partial charge in [-0.3, -0.25) is 11.3 Å². The summed E-state index contributed by atoms with van der Waals surface area (Å²) >= 11 is 0. The Morgan fingerprint density at radius 1 is 1.30 bits per heavy atom. The lowest BCUT2D eigenvalue weighted by Gasteiger charge is -2.23. The maximum absolute atomic E-state index is 12.8. The average Bonchev–Trinajstić information content (AvgIpc) is 2.35. The first-order valence-electron chi connectivity index (χ1n) is 6.72. The summed E-state index contributed by atoms with van der Waals surface area (Å²) in [4.78, 5) is 0. The molecule has 0 bridgehead atoms. The summed E-state index contributed by atoms with van der Waals surface area (Å²) in [7, 11) is 0. The van der Waals surface area contributed by atoms with Crippen molar-refractivity contribution in [2.24, 2.45) is 11.8 Å². The number of hydrogen-bond donors (Lipinski definition) is 3. The highest BCUT2D eigenvalue weighted by Crippen LogP contribution is 2.34. The monoisotopic (exact) mass is 289 g/mol. The molecule has 20 heavy (non-hydrogen) atoms. The molecule has 6 heteroatoms. The molecule has 2 unspecified atom stereocenters. The Kier molecular flexibility index (Phi) is 5.83. The molecule has 1 aromatic rings. The molecule has 0 fully saturated rings. The van der Waals surface area contributed by atoms with Gasteiger partial charge in [-0.1, -0.05) is 26.7 Å². The van der Waals surface area contributed by atoms with Crippen molar-refractivity contribution in [3.63, 3.8) is 0 Å². The molecule has 0 spiro atoms. The molecule has 0 saturated carbocycles. The molecule has 3 nitrogen and oxygen atoms in total. The summed E-state index contributed by atoms with van der Waals surface area (Å²) in [6.45, 7) is 4.12. The van der Waals surface area contributed by atoms with Gasteiger partial charge in [-0.25, -0.2) is 0 Å². The number of hydrazine groups is 1. The van der Waals surface area contributed by atoms with E-state index in [2.05, 4.69) is 19.3 Å². The summed E-state index contributed by atoms with van der Waals surface area (Å²) < 4.78 is 38.3. The predicted molar refractivity (Wildman–Crippen MR) is 74.6 cm³/mol. The fourth-order valence-electron chi connectivity index (χ4n) is 2.35. The van der Waals surface area contributed by atoms with Crippen molar-refractivity contribution in [3.8, 4) is 0 Å². The largest absolute Gasteiger partial charge is 0.416 e. The number of nitrogens with two attached hydrogens (primary N) is 2. The number of alkyl halides is 3. The molecule has 0 aliphatic heterocycles. The molecule has 0 saturated heterocycles. The second-order valence-electron chi connectivity index (χ2n) is 5.19. The van der Waals surface area contributed by atoms with Gasteiger partial charge in [-0.2, -0.15) is 13.2 Å². The summed E-state index contributed by atoms with van der Waals surface area (Å²) in [5.74, 6) is 5.85. The van der Waals surface area contributed by atoms with E-state index < -0.39 is 11.7 Å². The summed E-state index contributed by atoms with van der Waals surface area (Å²) in [6, 6.07) is 2.98. The van der Waals surface area contributed by atoms with Crippen molar-refractivity contribution in [1.29, 1.82) is 0 Å². The van der Waals surface area contributed by atoms with Crippen molar-refractivity contribution < 1.29 is 13.2 Å². The van der Waals surface area contributed by atoms with Crippen molar-refractivity contribution in [2.45, 2.75) is 45.3 Å². The van der Waals surface area contributed by atoms with Gasteiger partial charge < -0.3 is 5.73 Å². The normalized spacial score (nSPS) is 15.1. The number of anilines is 1. The average molecular weight is 289 g/mol.